The topological polar surface area (TPSA) is 16.4 Å². The van der Waals surface area contributed by atoms with E-state index in [0.717, 1.165) is 72.7 Å². The molecule has 0 fully saturated rings. The number of anilines is 3. The molecule has 8 aromatic carbocycles. The lowest BCUT2D eigenvalue weighted by molar-refractivity contribution is 0.632. The molecular formula is C50H35NO. The van der Waals surface area contributed by atoms with Crippen LogP contribution in [0.5, 0.6) is 0 Å². The van der Waals surface area contributed by atoms with Crippen LogP contribution in [0.4, 0.5) is 17.1 Å². The SMILES string of the molecule is c1ccc(-c2ccc(-c3ccccc3N(c3cccc(-c4oc5ccccc5c4-c4ccccc4)c3)c3ccccc3-c3ccccc3)cc2)cc1. The van der Waals surface area contributed by atoms with E-state index in [0.29, 0.717) is 0 Å². The Hall–Kier alpha value is -6.90. The largest absolute Gasteiger partial charge is 0.455 e. The van der Waals surface area contributed by atoms with Crippen LogP contribution in [0.2, 0.25) is 0 Å². The second-order valence-corrected chi connectivity index (χ2v) is 12.9. The summed E-state index contributed by atoms with van der Waals surface area (Å²) in [7, 11) is 0. The van der Waals surface area contributed by atoms with Crippen molar-refractivity contribution in [2.24, 2.45) is 0 Å². The molecule has 2 heteroatoms. The van der Waals surface area contributed by atoms with Gasteiger partial charge in [0.2, 0.25) is 0 Å². The van der Waals surface area contributed by atoms with Gasteiger partial charge in [0.05, 0.1) is 11.4 Å². The van der Waals surface area contributed by atoms with E-state index in [1.807, 2.05) is 6.07 Å². The molecule has 246 valence electrons. The number of benzene rings is 8. The van der Waals surface area contributed by atoms with Crippen LogP contribution in [-0.4, -0.2) is 0 Å². The molecule has 0 amide bonds. The molecule has 9 aromatic rings. The third-order valence-corrected chi connectivity index (χ3v) is 9.70. The van der Waals surface area contributed by atoms with Gasteiger partial charge in [-0.3, -0.25) is 0 Å². The molecule has 0 unspecified atom stereocenters. The molecule has 0 saturated carbocycles. The maximum absolute atomic E-state index is 6.70. The Bertz CT molecular complexity index is 2610. The summed E-state index contributed by atoms with van der Waals surface area (Å²) >= 11 is 0. The first kappa shape index (κ1) is 31.1. The fourth-order valence-electron chi connectivity index (χ4n) is 7.25. The van der Waals surface area contributed by atoms with E-state index in [9.17, 15) is 0 Å². The van der Waals surface area contributed by atoms with Gasteiger partial charge in [0.25, 0.3) is 0 Å². The summed E-state index contributed by atoms with van der Waals surface area (Å²) in [5, 5.41) is 1.10. The van der Waals surface area contributed by atoms with Crippen molar-refractivity contribution >= 4 is 28.0 Å². The van der Waals surface area contributed by atoms with Gasteiger partial charge in [0, 0.05) is 33.3 Å². The molecule has 0 aliphatic rings. The lowest BCUT2D eigenvalue weighted by Crippen LogP contribution is -2.12. The minimum Gasteiger partial charge on any atom is -0.455 e. The Kier molecular flexibility index (Phi) is 8.24. The summed E-state index contributed by atoms with van der Waals surface area (Å²) in [6, 6.07) is 75.1. The van der Waals surface area contributed by atoms with Crippen LogP contribution in [0.3, 0.4) is 0 Å². The minimum absolute atomic E-state index is 0.857. The molecular weight excluding hydrogens is 631 g/mol. The van der Waals surface area contributed by atoms with Crippen molar-refractivity contribution in [2.45, 2.75) is 0 Å². The fourth-order valence-corrected chi connectivity index (χ4v) is 7.25. The maximum Gasteiger partial charge on any atom is 0.143 e. The molecule has 0 atom stereocenters. The number of hydrogen-bond donors (Lipinski definition) is 0. The molecule has 9 rings (SSSR count). The summed E-state index contributed by atoms with van der Waals surface area (Å²) < 4.78 is 6.70. The molecule has 0 bridgehead atoms. The van der Waals surface area contributed by atoms with E-state index < -0.39 is 0 Å². The average molecular weight is 666 g/mol. The van der Waals surface area contributed by atoms with E-state index in [1.54, 1.807) is 0 Å². The first-order chi connectivity index (χ1) is 25.8. The lowest BCUT2D eigenvalue weighted by Gasteiger charge is -2.30. The fraction of sp³-hybridized carbons (Fsp3) is 0. The highest BCUT2D eigenvalue weighted by Gasteiger charge is 2.23. The van der Waals surface area contributed by atoms with Crippen molar-refractivity contribution in [1.29, 1.82) is 0 Å². The normalized spacial score (nSPS) is 11.1. The van der Waals surface area contributed by atoms with Crippen molar-refractivity contribution in [3.63, 3.8) is 0 Å². The number of hydrogen-bond acceptors (Lipinski definition) is 2. The zero-order valence-electron chi connectivity index (χ0n) is 28.6. The molecule has 0 aliphatic carbocycles. The van der Waals surface area contributed by atoms with Gasteiger partial charge in [-0.25, -0.2) is 0 Å². The second kappa shape index (κ2) is 13.8. The molecule has 0 spiro atoms. The van der Waals surface area contributed by atoms with Crippen molar-refractivity contribution in [2.75, 3.05) is 4.90 Å². The van der Waals surface area contributed by atoms with E-state index in [2.05, 4.69) is 211 Å². The van der Waals surface area contributed by atoms with Gasteiger partial charge in [-0.15, -0.1) is 0 Å². The van der Waals surface area contributed by atoms with E-state index in [-0.39, 0.29) is 0 Å². The quantitative estimate of drug-likeness (QED) is 0.161. The second-order valence-electron chi connectivity index (χ2n) is 12.9. The smallest absolute Gasteiger partial charge is 0.143 e. The van der Waals surface area contributed by atoms with Crippen LogP contribution in [0, 0.1) is 0 Å². The first-order valence-corrected chi connectivity index (χ1v) is 17.7. The Labute approximate surface area is 304 Å². The molecule has 1 heterocycles. The van der Waals surface area contributed by atoms with Crippen molar-refractivity contribution in [3.05, 3.63) is 212 Å². The van der Waals surface area contributed by atoms with Crippen LogP contribution in [-0.2, 0) is 0 Å². The zero-order valence-corrected chi connectivity index (χ0v) is 28.6. The molecule has 1 aromatic heterocycles. The van der Waals surface area contributed by atoms with Gasteiger partial charge in [-0.1, -0.05) is 182 Å². The highest BCUT2D eigenvalue weighted by atomic mass is 16.3. The Morgan fingerprint density at radius 3 is 1.44 bits per heavy atom. The summed E-state index contributed by atoms with van der Waals surface area (Å²) in [5.41, 5.74) is 14.3. The van der Waals surface area contributed by atoms with E-state index >= 15 is 0 Å². The maximum atomic E-state index is 6.70. The van der Waals surface area contributed by atoms with Crippen LogP contribution in [0.15, 0.2) is 217 Å². The number of fused-ring (bicyclic) bond motifs is 1. The van der Waals surface area contributed by atoms with Crippen molar-refractivity contribution in [1.82, 2.24) is 0 Å². The summed E-state index contributed by atoms with van der Waals surface area (Å²) in [6.07, 6.45) is 0. The van der Waals surface area contributed by atoms with Gasteiger partial charge in [-0.2, -0.15) is 0 Å². The zero-order chi connectivity index (χ0) is 34.7. The molecule has 0 aliphatic heterocycles. The minimum atomic E-state index is 0.857. The third-order valence-electron chi connectivity index (χ3n) is 9.70. The van der Waals surface area contributed by atoms with Gasteiger partial charge in [0.1, 0.15) is 11.3 Å². The van der Waals surface area contributed by atoms with Crippen LogP contribution in [0.1, 0.15) is 0 Å². The van der Waals surface area contributed by atoms with Crippen molar-refractivity contribution < 1.29 is 4.42 Å². The highest BCUT2D eigenvalue weighted by Crippen LogP contribution is 2.47. The number of furan rings is 1. The van der Waals surface area contributed by atoms with Gasteiger partial charge >= 0.3 is 0 Å². The molecule has 0 saturated heterocycles. The van der Waals surface area contributed by atoms with Crippen LogP contribution >= 0.6 is 0 Å². The summed E-state index contributed by atoms with van der Waals surface area (Å²) in [4.78, 5) is 2.40. The van der Waals surface area contributed by atoms with Gasteiger partial charge in [-0.05, 0) is 58.1 Å². The monoisotopic (exact) mass is 665 g/mol. The molecule has 2 nitrogen and oxygen atoms in total. The van der Waals surface area contributed by atoms with Gasteiger partial charge < -0.3 is 9.32 Å². The summed E-state index contributed by atoms with van der Waals surface area (Å²) in [5.74, 6) is 0.857. The molecule has 52 heavy (non-hydrogen) atoms. The first-order valence-electron chi connectivity index (χ1n) is 17.7. The van der Waals surface area contributed by atoms with Crippen LogP contribution in [0.25, 0.3) is 66.8 Å². The number of nitrogens with zero attached hydrogens (tertiary/aromatic N) is 1. The van der Waals surface area contributed by atoms with E-state index in [1.165, 1.54) is 11.1 Å². The van der Waals surface area contributed by atoms with Crippen molar-refractivity contribution in [3.8, 4) is 55.8 Å². The van der Waals surface area contributed by atoms with Gasteiger partial charge in [0.15, 0.2) is 0 Å². The predicted molar refractivity (Wildman–Crippen MR) is 218 cm³/mol. The highest BCUT2D eigenvalue weighted by molar-refractivity contribution is 6.02. The Morgan fingerprint density at radius 2 is 0.788 bits per heavy atom. The Morgan fingerprint density at radius 1 is 0.327 bits per heavy atom. The Balaban J connectivity index is 1.25. The molecule has 0 N–H and O–H groups in total. The molecule has 0 radical (unpaired) electrons. The predicted octanol–water partition coefficient (Wildman–Crippen LogP) is 14.2. The average Bonchev–Trinajstić information content (AvgIpc) is 3.63. The lowest BCUT2D eigenvalue weighted by atomic mass is 9.96. The third kappa shape index (κ3) is 5.87. The standard InChI is InChI=1S/C50H35NO/c1-4-17-36(18-5-1)37-31-33-39(34-32-37)44-26-11-14-29-47(44)51(46-28-13-10-25-43(46)38-19-6-2-7-20-38)42-24-16-23-41(35-42)50-49(40-21-8-3-9-22-40)45-27-12-15-30-48(45)52-50/h1-35H. The van der Waals surface area contributed by atoms with E-state index in [4.69, 9.17) is 4.42 Å². The van der Waals surface area contributed by atoms with Crippen LogP contribution < -0.4 is 4.90 Å². The number of para-hydroxylation sites is 3. The number of rotatable bonds is 8. The summed E-state index contributed by atoms with van der Waals surface area (Å²) in [6.45, 7) is 0.